The molecule has 1 aromatic heterocycles. The number of nitrogens with zero attached hydrogens (tertiary/aromatic N) is 2. The third kappa shape index (κ3) is 3.78. The van der Waals surface area contributed by atoms with Gasteiger partial charge in [-0.3, -0.25) is 9.59 Å². The van der Waals surface area contributed by atoms with Gasteiger partial charge in [-0.05, 0) is 12.5 Å². The van der Waals surface area contributed by atoms with Gasteiger partial charge in [0, 0.05) is 30.7 Å². The van der Waals surface area contributed by atoms with E-state index in [-0.39, 0.29) is 17.9 Å². The van der Waals surface area contributed by atoms with Crippen molar-refractivity contribution in [3.8, 4) is 17.2 Å². The Bertz CT molecular complexity index is 989. The van der Waals surface area contributed by atoms with E-state index in [9.17, 15) is 9.59 Å². The summed E-state index contributed by atoms with van der Waals surface area (Å²) in [5.41, 5.74) is 0.770. The summed E-state index contributed by atoms with van der Waals surface area (Å²) in [4.78, 5) is 29.8. The summed E-state index contributed by atoms with van der Waals surface area (Å²) in [6, 6.07) is 3.54. The molecule has 1 aromatic carbocycles. The summed E-state index contributed by atoms with van der Waals surface area (Å²) >= 11 is 1.49. The summed E-state index contributed by atoms with van der Waals surface area (Å²) in [5.74, 6) is 1.98. The zero-order valence-electron chi connectivity index (χ0n) is 17.2. The van der Waals surface area contributed by atoms with Crippen LogP contribution in [0, 0.1) is 0 Å². The molecule has 0 spiro atoms. The van der Waals surface area contributed by atoms with Gasteiger partial charge in [0.25, 0.3) is 5.56 Å². The second kappa shape index (κ2) is 8.77. The van der Waals surface area contributed by atoms with Crippen LogP contribution in [0.4, 0.5) is 5.82 Å². The van der Waals surface area contributed by atoms with E-state index in [0.29, 0.717) is 39.3 Å². The first kappa shape index (κ1) is 21.0. The Balaban J connectivity index is 2.21. The summed E-state index contributed by atoms with van der Waals surface area (Å²) in [5, 5.41) is 3.43. The minimum Gasteiger partial charge on any atom is -0.493 e. The zero-order valence-corrected chi connectivity index (χ0v) is 18.0. The fourth-order valence-electron chi connectivity index (χ4n) is 3.52. The topological polar surface area (TPSA) is 91.7 Å². The fourth-order valence-corrected chi connectivity index (χ4v) is 4.34. The summed E-state index contributed by atoms with van der Waals surface area (Å²) in [7, 11) is 6.38. The van der Waals surface area contributed by atoms with Crippen molar-refractivity contribution in [1.29, 1.82) is 0 Å². The highest BCUT2D eigenvalue weighted by molar-refractivity contribution is 7.99. The minimum absolute atomic E-state index is 0.108. The van der Waals surface area contributed by atoms with Gasteiger partial charge >= 0.3 is 0 Å². The first-order chi connectivity index (χ1) is 14.0. The van der Waals surface area contributed by atoms with Crippen LogP contribution in [0.5, 0.6) is 17.2 Å². The molecule has 2 heterocycles. The van der Waals surface area contributed by atoms with E-state index in [2.05, 4.69) is 17.2 Å². The standard InChI is InChI=1S/C20H25N3O5S/c1-6-9-29-20-22-19(25)15-12(10-14(24)21-18(15)23(20)2)11-7-8-13(26-3)17(28-5)16(11)27-4/h7-8,12H,6,9-10H2,1-5H3,(H,21,24)/t12-/m1/s1. The number of thioether (sulfide) groups is 1. The Morgan fingerprint density at radius 1 is 1.17 bits per heavy atom. The first-order valence-corrected chi connectivity index (χ1v) is 10.3. The number of rotatable bonds is 7. The average molecular weight is 420 g/mol. The molecule has 1 atom stereocenters. The van der Waals surface area contributed by atoms with Crippen LogP contribution in [0.2, 0.25) is 0 Å². The van der Waals surface area contributed by atoms with Crippen molar-refractivity contribution in [2.75, 3.05) is 32.4 Å². The Morgan fingerprint density at radius 3 is 2.52 bits per heavy atom. The molecule has 0 bridgehead atoms. The van der Waals surface area contributed by atoms with Crippen molar-refractivity contribution in [3.63, 3.8) is 0 Å². The molecule has 9 heteroatoms. The van der Waals surface area contributed by atoms with Gasteiger partial charge in [-0.2, -0.15) is 4.98 Å². The molecule has 156 valence electrons. The molecule has 1 amide bonds. The molecule has 0 unspecified atom stereocenters. The van der Waals surface area contributed by atoms with Gasteiger partial charge in [0.2, 0.25) is 11.7 Å². The molecular weight excluding hydrogens is 394 g/mol. The molecule has 0 radical (unpaired) electrons. The Hall–Kier alpha value is -2.68. The van der Waals surface area contributed by atoms with Crippen molar-refractivity contribution in [2.45, 2.75) is 30.8 Å². The van der Waals surface area contributed by atoms with Gasteiger partial charge < -0.3 is 24.1 Å². The highest BCUT2D eigenvalue weighted by Gasteiger charge is 2.35. The predicted octanol–water partition coefficient (Wildman–Crippen LogP) is 2.78. The van der Waals surface area contributed by atoms with Gasteiger partial charge in [0.1, 0.15) is 5.82 Å². The monoisotopic (exact) mass is 419 g/mol. The Morgan fingerprint density at radius 2 is 1.90 bits per heavy atom. The molecule has 0 aliphatic carbocycles. The second-order valence-corrected chi connectivity index (χ2v) is 7.66. The van der Waals surface area contributed by atoms with Crippen molar-refractivity contribution < 1.29 is 19.0 Å². The lowest BCUT2D eigenvalue weighted by Gasteiger charge is -2.29. The van der Waals surface area contributed by atoms with E-state index in [1.807, 2.05) is 0 Å². The lowest BCUT2D eigenvalue weighted by atomic mass is 9.86. The van der Waals surface area contributed by atoms with Gasteiger partial charge in [0.15, 0.2) is 16.7 Å². The van der Waals surface area contributed by atoms with E-state index < -0.39 is 5.92 Å². The first-order valence-electron chi connectivity index (χ1n) is 9.29. The van der Waals surface area contributed by atoms with E-state index in [4.69, 9.17) is 14.2 Å². The summed E-state index contributed by atoms with van der Waals surface area (Å²) < 4.78 is 18.2. The average Bonchev–Trinajstić information content (AvgIpc) is 2.73. The molecule has 0 saturated carbocycles. The van der Waals surface area contributed by atoms with Crippen molar-refractivity contribution in [3.05, 3.63) is 33.6 Å². The Labute approximate surface area is 173 Å². The number of aromatic nitrogens is 2. The van der Waals surface area contributed by atoms with Crippen LogP contribution in [0.25, 0.3) is 0 Å². The maximum atomic E-state index is 13.0. The molecule has 8 nitrogen and oxygen atoms in total. The summed E-state index contributed by atoms with van der Waals surface area (Å²) in [6.07, 6.45) is 1.06. The van der Waals surface area contributed by atoms with Crippen LogP contribution in [0.3, 0.4) is 0 Å². The number of benzene rings is 1. The van der Waals surface area contributed by atoms with Crippen LogP contribution in [0.15, 0.2) is 22.1 Å². The molecule has 29 heavy (non-hydrogen) atoms. The largest absolute Gasteiger partial charge is 0.493 e. The second-order valence-electron chi connectivity index (χ2n) is 6.60. The van der Waals surface area contributed by atoms with Gasteiger partial charge in [-0.1, -0.05) is 24.8 Å². The zero-order chi connectivity index (χ0) is 21.1. The molecule has 3 rings (SSSR count). The third-order valence-corrected chi connectivity index (χ3v) is 6.08. The highest BCUT2D eigenvalue weighted by Crippen LogP contribution is 2.46. The minimum atomic E-state index is -0.509. The Kier molecular flexibility index (Phi) is 6.36. The fraction of sp³-hybridized carbons (Fsp3) is 0.450. The number of amides is 1. The van der Waals surface area contributed by atoms with Crippen LogP contribution < -0.4 is 25.1 Å². The van der Waals surface area contributed by atoms with Gasteiger partial charge in [-0.25, -0.2) is 0 Å². The molecule has 2 aromatic rings. The number of fused-ring (bicyclic) bond motifs is 1. The van der Waals surface area contributed by atoms with Crippen LogP contribution >= 0.6 is 11.8 Å². The van der Waals surface area contributed by atoms with Crippen molar-refractivity contribution in [2.24, 2.45) is 7.05 Å². The number of ether oxygens (including phenoxy) is 3. The smallest absolute Gasteiger partial charge is 0.279 e. The van der Waals surface area contributed by atoms with Crippen molar-refractivity contribution >= 4 is 23.5 Å². The maximum absolute atomic E-state index is 13.0. The predicted molar refractivity (Wildman–Crippen MR) is 112 cm³/mol. The lowest BCUT2D eigenvalue weighted by Crippen LogP contribution is -2.33. The van der Waals surface area contributed by atoms with Gasteiger partial charge in [-0.15, -0.1) is 0 Å². The number of hydrogen-bond donors (Lipinski definition) is 1. The van der Waals surface area contributed by atoms with Gasteiger partial charge in [0.05, 0.1) is 26.9 Å². The van der Waals surface area contributed by atoms with E-state index in [1.165, 1.54) is 33.1 Å². The van der Waals surface area contributed by atoms with Crippen LogP contribution in [-0.4, -0.2) is 42.5 Å². The summed E-state index contributed by atoms with van der Waals surface area (Å²) in [6.45, 7) is 2.06. The number of methoxy groups -OCH3 is 3. The third-order valence-electron chi connectivity index (χ3n) is 4.85. The van der Waals surface area contributed by atoms with Crippen molar-refractivity contribution in [1.82, 2.24) is 9.55 Å². The number of nitrogens with one attached hydrogen (secondary N) is 1. The van der Waals surface area contributed by atoms with E-state index in [0.717, 1.165) is 12.2 Å². The molecule has 1 aliphatic rings. The van der Waals surface area contributed by atoms with E-state index in [1.54, 1.807) is 23.7 Å². The number of hydrogen-bond acceptors (Lipinski definition) is 7. The molecule has 0 saturated heterocycles. The van der Waals surface area contributed by atoms with E-state index >= 15 is 0 Å². The highest BCUT2D eigenvalue weighted by atomic mass is 32.2. The normalized spacial score (nSPS) is 15.5. The molecular formula is C20H25N3O5S. The van der Waals surface area contributed by atoms with Crippen LogP contribution in [0.1, 0.15) is 36.8 Å². The maximum Gasteiger partial charge on any atom is 0.279 e. The lowest BCUT2D eigenvalue weighted by molar-refractivity contribution is -0.116. The molecule has 1 aliphatic heterocycles. The molecule has 0 fully saturated rings. The molecule has 1 N–H and O–H groups in total. The number of carbonyl (C=O) groups excluding carboxylic acids is 1. The SMILES string of the molecule is CCCSc1nc(=O)c2c(n1C)NC(=O)C[C@@H]2c1ccc(OC)c(OC)c1OC. The number of anilines is 1. The number of carbonyl (C=O) groups is 1. The quantitative estimate of drug-likeness (QED) is 0.545. The van der Waals surface area contributed by atoms with Crippen LogP contribution in [-0.2, 0) is 11.8 Å².